The van der Waals surface area contributed by atoms with Gasteiger partial charge in [0, 0.05) is 0 Å². The lowest BCUT2D eigenvalue weighted by molar-refractivity contribution is -0.145. The highest BCUT2D eigenvalue weighted by atomic mass is 16.2. The molecule has 0 heterocycles. The summed E-state index contributed by atoms with van der Waals surface area (Å²) in [6.45, 7) is 7.49. The van der Waals surface area contributed by atoms with E-state index in [1.165, 1.54) is 0 Å². The predicted molar refractivity (Wildman–Crippen MR) is 81.2 cm³/mol. The number of imide groups is 2. The topological polar surface area (TPSA) is 144 Å². The van der Waals surface area contributed by atoms with E-state index in [1.807, 2.05) is 38.3 Å². The van der Waals surface area contributed by atoms with Crippen LogP contribution in [0.25, 0.3) is 0 Å². The zero-order valence-corrected chi connectivity index (χ0v) is 13.5. The molecule has 126 valence electrons. The van der Waals surface area contributed by atoms with Gasteiger partial charge in [0.05, 0.1) is 12.1 Å². The molecule has 0 spiro atoms. The van der Waals surface area contributed by atoms with Gasteiger partial charge in [0.25, 0.3) is 0 Å². The molecule has 0 unspecified atom stereocenters. The van der Waals surface area contributed by atoms with E-state index < -0.39 is 35.7 Å². The summed E-state index contributed by atoms with van der Waals surface area (Å²) in [5.74, 6) is -3.63. The van der Waals surface area contributed by atoms with Gasteiger partial charge in [-0.15, -0.1) is 0 Å². The molecule has 0 aliphatic carbocycles. The second kappa shape index (κ2) is 9.26. The van der Waals surface area contributed by atoms with Crippen molar-refractivity contribution in [1.29, 1.82) is 0 Å². The van der Waals surface area contributed by atoms with Crippen LogP contribution in [0.15, 0.2) is 0 Å². The summed E-state index contributed by atoms with van der Waals surface area (Å²) in [4.78, 5) is 46.3. The first kappa shape index (κ1) is 20.2. The van der Waals surface area contributed by atoms with Gasteiger partial charge >= 0.3 is 11.8 Å². The van der Waals surface area contributed by atoms with E-state index in [-0.39, 0.29) is 11.8 Å². The van der Waals surface area contributed by atoms with Crippen LogP contribution in [0.1, 0.15) is 40.5 Å². The molecule has 4 amide bonds. The third-order valence-corrected chi connectivity index (χ3v) is 2.80. The number of carbonyl (C=O) groups excluding carboxylic acids is 4. The molecule has 0 fully saturated rings. The van der Waals surface area contributed by atoms with Crippen LogP contribution in [-0.4, -0.2) is 35.7 Å². The Kier molecular flexibility index (Phi) is 8.51. The molecule has 8 nitrogen and oxygen atoms in total. The average Bonchev–Trinajstić information content (AvgIpc) is 2.36. The van der Waals surface area contributed by atoms with Crippen LogP contribution in [0.4, 0.5) is 0 Å². The fourth-order valence-electron chi connectivity index (χ4n) is 1.75. The smallest absolute Gasteiger partial charge is 0.316 e. The van der Waals surface area contributed by atoms with Crippen molar-refractivity contribution in [2.45, 2.75) is 52.6 Å². The van der Waals surface area contributed by atoms with E-state index in [9.17, 15) is 19.2 Å². The van der Waals surface area contributed by atoms with Crippen LogP contribution < -0.4 is 22.1 Å². The van der Waals surface area contributed by atoms with Crippen molar-refractivity contribution in [3.8, 4) is 0 Å². The fraction of sp³-hybridized carbons (Fsp3) is 0.714. The molecular formula is C14H26N4O4. The molecule has 6 N–H and O–H groups in total. The van der Waals surface area contributed by atoms with Crippen molar-refractivity contribution < 1.29 is 19.2 Å². The molecule has 0 aromatic carbocycles. The molecule has 22 heavy (non-hydrogen) atoms. The highest BCUT2D eigenvalue weighted by molar-refractivity contribution is 6.40. The largest absolute Gasteiger partial charge is 0.320 e. The molecule has 0 saturated carbocycles. The first-order chi connectivity index (χ1) is 10.0. The zero-order valence-electron chi connectivity index (χ0n) is 13.5. The van der Waals surface area contributed by atoms with Gasteiger partial charge < -0.3 is 11.5 Å². The second-order valence-corrected chi connectivity index (χ2v) is 6.11. The van der Waals surface area contributed by atoms with E-state index in [1.54, 1.807) is 0 Å². The maximum Gasteiger partial charge on any atom is 0.316 e. The molecule has 0 aliphatic rings. The number of carbonyl (C=O) groups is 4. The van der Waals surface area contributed by atoms with Crippen molar-refractivity contribution >= 4 is 23.6 Å². The summed E-state index contributed by atoms with van der Waals surface area (Å²) in [5, 5.41) is 3.72. The Labute approximate surface area is 130 Å². The van der Waals surface area contributed by atoms with Gasteiger partial charge in [-0.1, -0.05) is 27.7 Å². The Bertz CT molecular complexity index is 395. The molecule has 0 saturated heterocycles. The van der Waals surface area contributed by atoms with Gasteiger partial charge in [0.2, 0.25) is 11.8 Å². The summed E-state index contributed by atoms with van der Waals surface area (Å²) in [6, 6.07) is -1.79. The molecule has 0 aliphatic heterocycles. The number of nitrogens with one attached hydrogen (secondary N) is 2. The van der Waals surface area contributed by atoms with Gasteiger partial charge in [-0.05, 0) is 24.7 Å². The van der Waals surface area contributed by atoms with Crippen LogP contribution in [-0.2, 0) is 19.2 Å². The summed E-state index contributed by atoms with van der Waals surface area (Å²) in [5.41, 5.74) is 11.2. The molecule has 0 rings (SSSR count). The Morgan fingerprint density at radius 3 is 1.23 bits per heavy atom. The van der Waals surface area contributed by atoms with Gasteiger partial charge in [-0.3, -0.25) is 29.8 Å². The van der Waals surface area contributed by atoms with E-state index in [0.29, 0.717) is 12.8 Å². The highest BCUT2D eigenvalue weighted by Crippen LogP contribution is 2.03. The number of nitrogens with two attached hydrogens (primary N) is 2. The number of rotatable bonds is 6. The lowest BCUT2D eigenvalue weighted by Crippen LogP contribution is -2.52. The summed E-state index contributed by atoms with van der Waals surface area (Å²) in [7, 11) is 0. The lowest BCUT2D eigenvalue weighted by atomic mass is 10.0. The minimum Gasteiger partial charge on any atom is -0.320 e. The molecule has 0 aromatic heterocycles. The lowest BCUT2D eigenvalue weighted by Gasteiger charge is -2.14. The average molecular weight is 314 g/mol. The minimum atomic E-state index is -1.23. The fourth-order valence-corrected chi connectivity index (χ4v) is 1.75. The number of hydrogen-bond acceptors (Lipinski definition) is 6. The van der Waals surface area contributed by atoms with Crippen LogP contribution >= 0.6 is 0 Å². The number of hydrogen-bond donors (Lipinski definition) is 4. The molecule has 0 aromatic rings. The highest BCUT2D eigenvalue weighted by Gasteiger charge is 2.25. The maximum atomic E-state index is 11.6. The normalized spacial score (nSPS) is 13.6. The zero-order chi connectivity index (χ0) is 17.4. The van der Waals surface area contributed by atoms with E-state index in [2.05, 4.69) is 0 Å². The summed E-state index contributed by atoms with van der Waals surface area (Å²) in [6.07, 6.45) is 0.748. The first-order valence-corrected chi connectivity index (χ1v) is 7.25. The molecule has 0 bridgehead atoms. The van der Waals surface area contributed by atoms with Gasteiger partial charge in [0.1, 0.15) is 0 Å². The third kappa shape index (κ3) is 7.84. The van der Waals surface area contributed by atoms with Crippen molar-refractivity contribution in [2.24, 2.45) is 23.3 Å². The summed E-state index contributed by atoms with van der Waals surface area (Å²) >= 11 is 0. The summed E-state index contributed by atoms with van der Waals surface area (Å²) < 4.78 is 0. The Morgan fingerprint density at radius 1 is 0.727 bits per heavy atom. The van der Waals surface area contributed by atoms with Crippen molar-refractivity contribution in [3.63, 3.8) is 0 Å². The standard InChI is InChI=1S/C14H26N4O4/c1-7(2)5-9(15)11(19)17-13(21)14(22)18-12(20)10(16)6-8(3)4/h7-10H,5-6,15-16H2,1-4H3,(H,17,19,21)(H,18,20,22)/t9-,10-/m0/s1. The van der Waals surface area contributed by atoms with Gasteiger partial charge in [0.15, 0.2) is 0 Å². The van der Waals surface area contributed by atoms with Gasteiger partial charge in [-0.2, -0.15) is 0 Å². The maximum absolute atomic E-state index is 11.6. The molecular weight excluding hydrogens is 288 g/mol. The van der Waals surface area contributed by atoms with Crippen LogP contribution in [0.2, 0.25) is 0 Å². The quantitative estimate of drug-likeness (QED) is 0.464. The van der Waals surface area contributed by atoms with E-state index >= 15 is 0 Å². The van der Waals surface area contributed by atoms with Crippen molar-refractivity contribution in [1.82, 2.24) is 10.6 Å². The SMILES string of the molecule is CC(C)C[C@H](N)C(=O)NC(=O)C(=O)NC(=O)[C@@H](N)CC(C)C. The monoisotopic (exact) mass is 314 g/mol. The Hall–Kier alpha value is -1.80. The first-order valence-electron chi connectivity index (χ1n) is 7.25. The minimum absolute atomic E-state index is 0.167. The molecule has 0 radical (unpaired) electrons. The molecule has 8 heteroatoms. The van der Waals surface area contributed by atoms with E-state index in [0.717, 1.165) is 0 Å². The second-order valence-electron chi connectivity index (χ2n) is 6.11. The van der Waals surface area contributed by atoms with E-state index in [4.69, 9.17) is 11.5 Å². The van der Waals surface area contributed by atoms with Gasteiger partial charge in [-0.25, -0.2) is 0 Å². The predicted octanol–water partition coefficient (Wildman–Crippen LogP) is -0.981. The third-order valence-electron chi connectivity index (χ3n) is 2.80. The Balaban J connectivity index is 4.41. The Morgan fingerprint density at radius 2 is 1.00 bits per heavy atom. The molecule has 2 atom stereocenters. The van der Waals surface area contributed by atoms with Crippen LogP contribution in [0.5, 0.6) is 0 Å². The van der Waals surface area contributed by atoms with Crippen molar-refractivity contribution in [3.05, 3.63) is 0 Å². The van der Waals surface area contributed by atoms with Crippen LogP contribution in [0.3, 0.4) is 0 Å². The van der Waals surface area contributed by atoms with Crippen LogP contribution in [0, 0.1) is 11.8 Å². The van der Waals surface area contributed by atoms with Crippen molar-refractivity contribution in [2.75, 3.05) is 0 Å². The number of amides is 4.